The molecule has 0 unspecified atom stereocenters. The van der Waals surface area contributed by atoms with Gasteiger partial charge in [-0.3, -0.25) is 0 Å². The van der Waals surface area contributed by atoms with Gasteiger partial charge in [0.1, 0.15) is 5.82 Å². The highest BCUT2D eigenvalue weighted by atomic mass is 35.5. The van der Waals surface area contributed by atoms with Crippen molar-refractivity contribution in [3.8, 4) is 0 Å². The molecule has 0 saturated carbocycles. The van der Waals surface area contributed by atoms with Crippen molar-refractivity contribution < 1.29 is 14.3 Å². The summed E-state index contributed by atoms with van der Waals surface area (Å²) in [4.78, 5) is 16.7. The number of ether oxygens (including phenoxy) is 2. The van der Waals surface area contributed by atoms with Crippen molar-refractivity contribution in [3.05, 3.63) is 29.6 Å². The van der Waals surface area contributed by atoms with Gasteiger partial charge >= 0.3 is 5.97 Å². The Morgan fingerprint density at radius 1 is 1.57 bits per heavy atom. The zero-order valence-electron chi connectivity index (χ0n) is 13.4. The Labute approximate surface area is 140 Å². The van der Waals surface area contributed by atoms with Crippen LogP contribution in [0.15, 0.2) is 18.2 Å². The Hall–Kier alpha value is -1.59. The molecular formula is C17H21ClN2O3. The fraction of sp³-hybridized carbons (Fsp3) is 0.529. The second kappa shape index (κ2) is 6.89. The predicted octanol–water partition coefficient (Wildman–Crippen LogP) is 3.69. The summed E-state index contributed by atoms with van der Waals surface area (Å²) in [6.45, 7) is 5.81. The summed E-state index contributed by atoms with van der Waals surface area (Å²) in [6.07, 6.45) is 2.03. The number of rotatable bonds is 6. The molecule has 1 aromatic carbocycles. The first-order chi connectivity index (χ1) is 11.1. The molecule has 1 aromatic heterocycles. The maximum Gasteiger partial charge on any atom is 0.338 e. The van der Waals surface area contributed by atoms with Gasteiger partial charge in [-0.2, -0.15) is 0 Å². The topological polar surface area (TPSA) is 53.3 Å². The van der Waals surface area contributed by atoms with Crippen LogP contribution in [0.2, 0.25) is 0 Å². The van der Waals surface area contributed by atoms with E-state index in [0.29, 0.717) is 18.7 Å². The van der Waals surface area contributed by atoms with Gasteiger partial charge in [0.25, 0.3) is 0 Å². The van der Waals surface area contributed by atoms with Gasteiger partial charge in [0.2, 0.25) is 0 Å². The standard InChI is InChI=1S/C17H21ClN2O3/c1-3-7-23-17(21)12-4-5-14-15(9-12)20(10-13-6-8-22-13)16(19-14)11(2)18/h4-5,9,11,13H,3,6-8,10H2,1-2H3/t11-,13-/m0/s1. The van der Waals surface area contributed by atoms with Crippen molar-refractivity contribution in [3.63, 3.8) is 0 Å². The summed E-state index contributed by atoms with van der Waals surface area (Å²) < 4.78 is 12.8. The van der Waals surface area contributed by atoms with Crippen LogP contribution in [0.5, 0.6) is 0 Å². The minimum Gasteiger partial charge on any atom is -0.462 e. The molecule has 6 heteroatoms. The molecule has 5 nitrogen and oxygen atoms in total. The molecule has 0 aliphatic carbocycles. The normalized spacial score (nSPS) is 18.7. The lowest BCUT2D eigenvalue weighted by Crippen LogP contribution is -2.31. The van der Waals surface area contributed by atoms with Crippen LogP contribution in [0.25, 0.3) is 11.0 Å². The van der Waals surface area contributed by atoms with Crippen LogP contribution in [0.4, 0.5) is 0 Å². The molecule has 23 heavy (non-hydrogen) atoms. The van der Waals surface area contributed by atoms with Crippen LogP contribution >= 0.6 is 11.6 Å². The lowest BCUT2D eigenvalue weighted by Gasteiger charge is -2.27. The average molecular weight is 337 g/mol. The van der Waals surface area contributed by atoms with Crippen LogP contribution < -0.4 is 0 Å². The van der Waals surface area contributed by atoms with Gasteiger partial charge in [-0.15, -0.1) is 11.6 Å². The number of carbonyl (C=O) groups excluding carboxylic acids is 1. The van der Waals surface area contributed by atoms with Gasteiger partial charge in [-0.25, -0.2) is 9.78 Å². The maximum absolute atomic E-state index is 12.1. The van der Waals surface area contributed by atoms with E-state index in [9.17, 15) is 4.79 Å². The molecule has 2 aromatic rings. The molecule has 3 rings (SSSR count). The highest BCUT2D eigenvalue weighted by molar-refractivity contribution is 6.20. The number of hydrogen-bond donors (Lipinski definition) is 0. The molecule has 2 atom stereocenters. The number of benzene rings is 1. The first-order valence-electron chi connectivity index (χ1n) is 8.03. The number of alkyl halides is 1. The number of halogens is 1. The highest BCUT2D eigenvalue weighted by Crippen LogP contribution is 2.27. The molecule has 0 radical (unpaired) electrons. The molecule has 1 aliphatic rings. The predicted molar refractivity (Wildman–Crippen MR) is 88.9 cm³/mol. The molecule has 0 bridgehead atoms. The van der Waals surface area contributed by atoms with E-state index in [0.717, 1.165) is 36.3 Å². The highest BCUT2D eigenvalue weighted by Gasteiger charge is 2.23. The number of aromatic nitrogens is 2. The Morgan fingerprint density at radius 2 is 2.35 bits per heavy atom. The van der Waals surface area contributed by atoms with E-state index >= 15 is 0 Å². The largest absolute Gasteiger partial charge is 0.462 e. The molecule has 0 amide bonds. The number of esters is 1. The van der Waals surface area contributed by atoms with Crippen molar-refractivity contribution in [1.82, 2.24) is 9.55 Å². The van der Waals surface area contributed by atoms with Crippen LogP contribution in [0.1, 0.15) is 48.2 Å². The number of nitrogens with zero attached hydrogens (tertiary/aromatic N) is 2. The van der Waals surface area contributed by atoms with Crippen molar-refractivity contribution in [1.29, 1.82) is 0 Å². The smallest absolute Gasteiger partial charge is 0.338 e. The number of hydrogen-bond acceptors (Lipinski definition) is 4. The van der Waals surface area contributed by atoms with Crippen LogP contribution in [0.3, 0.4) is 0 Å². The lowest BCUT2D eigenvalue weighted by atomic mass is 10.1. The molecular weight excluding hydrogens is 316 g/mol. The van der Waals surface area contributed by atoms with Crippen molar-refractivity contribution in [2.45, 2.75) is 44.7 Å². The van der Waals surface area contributed by atoms with E-state index in [4.69, 9.17) is 21.1 Å². The monoisotopic (exact) mass is 336 g/mol. The van der Waals surface area contributed by atoms with Gasteiger partial charge in [-0.05, 0) is 38.0 Å². The average Bonchev–Trinajstić information content (AvgIpc) is 2.86. The van der Waals surface area contributed by atoms with Crippen molar-refractivity contribution in [2.24, 2.45) is 0 Å². The first-order valence-corrected chi connectivity index (χ1v) is 8.46. The maximum atomic E-state index is 12.1. The summed E-state index contributed by atoms with van der Waals surface area (Å²) in [5.74, 6) is 0.498. The fourth-order valence-electron chi connectivity index (χ4n) is 2.67. The fourth-order valence-corrected chi connectivity index (χ4v) is 2.84. The summed E-state index contributed by atoms with van der Waals surface area (Å²) in [7, 11) is 0. The van der Waals surface area contributed by atoms with Gasteiger partial charge in [0.15, 0.2) is 0 Å². The van der Waals surface area contributed by atoms with E-state index in [1.807, 2.05) is 26.0 Å². The van der Waals surface area contributed by atoms with Crippen molar-refractivity contribution >= 4 is 28.6 Å². The zero-order valence-corrected chi connectivity index (χ0v) is 14.2. The Kier molecular flexibility index (Phi) is 4.87. The van der Waals surface area contributed by atoms with Gasteiger partial charge < -0.3 is 14.0 Å². The quantitative estimate of drug-likeness (QED) is 0.596. The SMILES string of the molecule is CCCOC(=O)c1ccc2nc([C@H](C)Cl)n(C[C@@H]3CCO3)c2c1. The molecule has 2 heterocycles. The van der Waals surface area contributed by atoms with Gasteiger partial charge in [0, 0.05) is 6.61 Å². The molecule has 1 saturated heterocycles. The summed E-state index contributed by atoms with van der Waals surface area (Å²) in [5, 5.41) is -0.210. The minimum absolute atomic E-state index is 0.192. The van der Waals surface area contributed by atoms with Crippen LogP contribution in [-0.2, 0) is 16.0 Å². The first kappa shape index (κ1) is 16.3. The van der Waals surface area contributed by atoms with Crippen LogP contribution in [0, 0.1) is 0 Å². The van der Waals surface area contributed by atoms with E-state index in [2.05, 4.69) is 9.55 Å². The van der Waals surface area contributed by atoms with Gasteiger partial charge in [-0.1, -0.05) is 6.92 Å². The number of imidazole rings is 1. The number of carbonyl (C=O) groups is 1. The molecule has 1 aliphatic heterocycles. The van der Waals surface area contributed by atoms with E-state index in [-0.39, 0.29) is 17.5 Å². The van der Waals surface area contributed by atoms with Gasteiger partial charge in [0.05, 0.1) is 41.2 Å². The second-order valence-electron chi connectivity index (χ2n) is 5.82. The molecule has 124 valence electrons. The van der Waals surface area contributed by atoms with E-state index < -0.39 is 0 Å². The molecule has 1 fully saturated rings. The van der Waals surface area contributed by atoms with Crippen molar-refractivity contribution in [2.75, 3.05) is 13.2 Å². The number of fused-ring (bicyclic) bond motifs is 1. The third kappa shape index (κ3) is 3.35. The van der Waals surface area contributed by atoms with Crippen LogP contribution in [-0.4, -0.2) is 34.8 Å². The summed E-state index contributed by atoms with van der Waals surface area (Å²) in [5.41, 5.74) is 2.27. The van der Waals surface area contributed by atoms with E-state index in [1.54, 1.807) is 6.07 Å². The minimum atomic E-state index is -0.304. The second-order valence-corrected chi connectivity index (χ2v) is 6.47. The lowest BCUT2D eigenvalue weighted by molar-refractivity contribution is -0.0590. The zero-order chi connectivity index (χ0) is 16.4. The Bertz CT molecular complexity index is 707. The Balaban J connectivity index is 1.97. The molecule has 0 N–H and O–H groups in total. The van der Waals surface area contributed by atoms with E-state index in [1.165, 1.54) is 0 Å². The summed E-state index contributed by atoms with van der Waals surface area (Å²) >= 11 is 6.28. The third-order valence-electron chi connectivity index (χ3n) is 3.99. The third-order valence-corrected chi connectivity index (χ3v) is 4.18. The summed E-state index contributed by atoms with van der Waals surface area (Å²) in [6, 6.07) is 5.43. The Morgan fingerprint density at radius 3 is 2.96 bits per heavy atom. The molecule has 0 spiro atoms.